The van der Waals surface area contributed by atoms with Crippen LogP contribution in [0.3, 0.4) is 0 Å². The first-order valence-electron chi connectivity index (χ1n) is 9.73. The number of aliphatic carboxylic acids is 1. The lowest BCUT2D eigenvalue weighted by Crippen LogP contribution is -2.34. The summed E-state index contributed by atoms with van der Waals surface area (Å²) in [7, 11) is 0. The first kappa shape index (κ1) is 22.1. The Kier molecular flexibility index (Phi) is 7.70. The van der Waals surface area contributed by atoms with E-state index in [2.05, 4.69) is 10.6 Å². The van der Waals surface area contributed by atoms with Crippen LogP contribution in [-0.2, 0) is 4.79 Å². The van der Waals surface area contributed by atoms with Gasteiger partial charge >= 0.3 is 5.97 Å². The summed E-state index contributed by atoms with van der Waals surface area (Å²) >= 11 is 7.18. The first-order chi connectivity index (χ1) is 14.4. The standard InChI is InChI=1S/C21H23ClN2O5S/c22-17-9-12-30-18(17)20(26)24-11-10-23-19(25)13-1-5-15(6-2-13)29-16-7-3-14(4-8-16)21(27)28/h1-2,5-6,9,12,14,16H,3-4,7-8,10-11H2,(H,23,25)(H,24,26)(H,27,28)/t14-,16+. The van der Waals surface area contributed by atoms with Gasteiger partial charge in [-0.15, -0.1) is 11.3 Å². The van der Waals surface area contributed by atoms with Crippen molar-refractivity contribution in [1.82, 2.24) is 10.6 Å². The lowest BCUT2D eigenvalue weighted by molar-refractivity contribution is -0.143. The highest BCUT2D eigenvalue weighted by Gasteiger charge is 2.26. The molecular formula is C21H23ClN2O5S. The minimum absolute atomic E-state index is 0.000682. The Morgan fingerprint density at radius 1 is 1.00 bits per heavy atom. The van der Waals surface area contributed by atoms with Gasteiger partial charge in [-0.05, 0) is 61.4 Å². The second-order valence-electron chi connectivity index (χ2n) is 7.06. The first-order valence-corrected chi connectivity index (χ1v) is 11.0. The Bertz CT molecular complexity index is 891. The predicted molar refractivity (Wildman–Crippen MR) is 114 cm³/mol. The van der Waals surface area contributed by atoms with Crippen LogP contribution in [-0.4, -0.2) is 42.1 Å². The van der Waals surface area contributed by atoms with Crippen molar-refractivity contribution in [2.45, 2.75) is 31.8 Å². The quantitative estimate of drug-likeness (QED) is 0.533. The highest BCUT2D eigenvalue weighted by atomic mass is 35.5. The molecule has 1 aliphatic rings. The molecule has 2 amide bonds. The van der Waals surface area contributed by atoms with Crippen LogP contribution in [0.4, 0.5) is 0 Å². The van der Waals surface area contributed by atoms with Crippen LogP contribution in [0.2, 0.25) is 5.02 Å². The number of hydrogen-bond donors (Lipinski definition) is 3. The van der Waals surface area contributed by atoms with E-state index in [0.29, 0.717) is 60.0 Å². The number of hydrogen-bond acceptors (Lipinski definition) is 5. The summed E-state index contributed by atoms with van der Waals surface area (Å²) in [5.74, 6) is -0.859. The molecule has 9 heteroatoms. The molecule has 0 saturated heterocycles. The molecule has 3 N–H and O–H groups in total. The van der Waals surface area contributed by atoms with Crippen molar-refractivity contribution in [1.29, 1.82) is 0 Å². The zero-order valence-electron chi connectivity index (χ0n) is 16.2. The number of carbonyl (C=O) groups is 3. The fourth-order valence-electron chi connectivity index (χ4n) is 3.30. The maximum absolute atomic E-state index is 12.2. The summed E-state index contributed by atoms with van der Waals surface area (Å²) < 4.78 is 5.91. The third-order valence-corrected chi connectivity index (χ3v) is 6.30. The van der Waals surface area contributed by atoms with E-state index in [1.807, 2.05) is 0 Å². The van der Waals surface area contributed by atoms with Gasteiger partial charge in [-0.2, -0.15) is 0 Å². The molecule has 0 radical (unpaired) electrons. The maximum atomic E-state index is 12.2. The summed E-state index contributed by atoms with van der Waals surface area (Å²) in [6.45, 7) is 0.581. The minimum Gasteiger partial charge on any atom is -0.490 e. The van der Waals surface area contributed by atoms with Crippen LogP contribution in [0, 0.1) is 5.92 Å². The number of benzene rings is 1. The van der Waals surface area contributed by atoms with Crippen molar-refractivity contribution in [2.75, 3.05) is 13.1 Å². The SMILES string of the molecule is O=C(NCCNC(=O)c1sccc1Cl)c1ccc(O[C@H]2CC[C@@H](C(=O)O)CC2)cc1. The molecule has 2 aromatic rings. The smallest absolute Gasteiger partial charge is 0.306 e. The summed E-state index contributed by atoms with van der Waals surface area (Å²) in [5.41, 5.74) is 0.490. The Morgan fingerprint density at radius 2 is 1.63 bits per heavy atom. The van der Waals surface area contributed by atoms with Crippen molar-refractivity contribution in [3.63, 3.8) is 0 Å². The molecule has 0 spiro atoms. The molecule has 0 aliphatic heterocycles. The summed E-state index contributed by atoms with van der Waals surface area (Å²) in [6.07, 6.45) is 2.66. The topological polar surface area (TPSA) is 105 Å². The number of rotatable bonds is 8. The summed E-state index contributed by atoms with van der Waals surface area (Å²) in [5, 5.41) is 16.7. The number of halogens is 1. The molecule has 160 valence electrons. The molecule has 1 saturated carbocycles. The van der Waals surface area contributed by atoms with E-state index in [0.717, 1.165) is 0 Å². The van der Waals surface area contributed by atoms with Gasteiger partial charge in [0.2, 0.25) is 0 Å². The van der Waals surface area contributed by atoms with E-state index in [4.69, 9.17) is 21.4 Å². The third-order valence-electron chi connectivity index (χ3n) is 4.96. The Morgan fingerprint density at radius 3 is 2.20 bits per heavy atom. The van der Waals surface area contributed by atoms with Gasteiger partial charge in [-0.3, -0.25) is 14.4 Å². The molecule has 0 atom stereocenters. The number of nitrogens with one attached hydrogen (secondary N) is 2. The molecule has 7 nitrogen and oxygen atoms in total. The third kappa shape index (κ3) is 5.96. The molecule has 1 aromatic carbocycles. The van der Waals surface area contributed by atoms with Crippen LogP contribution >= 0.6 is 22.9 Å². The van der Waals surface area contributed by atoms with Crippen molar-refractivity contribution in [3.05, 3.63) is 51.2 Å². The molecule has 1 aromatic heterocycles. The number of amides is 2. The molecule has 1 heterocycles. The second-order valence-corrected chi connectivity index (χ2v) is 8.39. The van der Waals surface area contributed by atoms with Crippen LogP contribution < -0.4 is 15.4 Å². The number of ether oxygens (including phenoxy) is 1. The highest BCUT2D eigenvalue weighted by molar-refractivity contribution is 7.12. The van der Waals surface area contributed by atoms with Crippen LogP contribution in [0.1, 0.15) is 45.7 Å². The second kappa shape index (κ2) is 10.4. The average molecular weight is 451 g/mol. The highest BCUT2D eigenvalue weighted by Crippen LogP contribution is 2.28. The van der Waals surface area contributed by atoms with Gasteiger partial charge in [0.1, 0.15) is 10.6 Å². The van der Waals surface area contributed by atoms with Crippen molar-refractivity contribution in [3.8, 4) is 5.75 Å². The molecular weight excluding hydrogens is 428 g/mol. The van der Waals surface area contributed by atoms with Crippen LogP contribution in [0.25, 0.3) is 0 Å². The molecule has 1 fully saturated rings. The maximum Gasteiger partial charge on any atom is 0.306 e. The molecule has 3 rings (SSSR count). The molecule has 30 heavy (non-hydrogen) atoms. The van der Waals surface area contributed by atoms with Gasteiger partial charge in [-0.1, -0.05) is 11.6 Å². The predicted octanol–water partition coefficient (Wildman–Crippen LogP) is 3.58. The fraction of sp³-hybridized carbons (Fsp3) is 0.381. The van der Waals surface area contributed by atoms with Gasteiger partial charge in [0.05, 0.1) is 17.0 Å². The lowest BCUT2D eigenvalue weighted by Gasteiger charge is -2.26. The number of thiophene rings is 1. The van der Waals surface area contributed by atoms with Crippen molar-refractivity contribution in [2.24, 2.45) is 5.92 Å². The minimum atomic E-state index is -0.737. The molecule has 0 unspecified atom stereocenters. The van der Waals surface area contributed by atoms with E-state index in [-0.39, 0.29) is 23.8 Å². The zero-order valence-corrected chi connectivity index (χ0v) is 17.8. The van der Waals surface area contributed by atoms with Gasteiger partial charge < -0.3 is 20.5 Å². The average Bonchev–Trinajstić information content (AvgIpc) is 3.18. The van der Waals surface area contributed by atoms with Gasteiger partial charge in [0.25, 0.3) is 11.8 Å². The van der Waals surface area contributed by atoms with E-state index in [1.165, 1.54) is 11.3 Å². The van der Waals surface area contributed by atoms with E-state index >= 15 is 0 Å². The Balaban J connectivity index is 1.39. The van der Waals surface area contributed by atoms with Gasteiger partial charge in [0.15, 0.2) is 0 Å². The number of carboxylic acids is 1. The molecule has 1 aliphatic carbocycles. The van der Waals surface area contributed by atoms with Crippen LogP contribution in [0.15, 0.2) is 35.7 Å². The normalized spacial score (nSPS) is 18.4. The summed E-state index contributed by atoms with van der Waals surface area (Å²) in [4.78, 5) is 35.7. The van der Waals surface area contributed by atoms with Crippen molar-refractivity contribution < 1.29 is 24.2 Å². The van der Waals surface area contributed by atoms with Crippen LogP contribution in [0.5, 0.6) is 5.75 Å². The Hall–Kier alpha value is -2.58. The zero-order chi connectivity index (χ0) is 21.5. The fourth-order valence-corrected chi connectivity index (χ4v) is 4.35. The van der Waals surface area contributed by atoms with Crippen molar-refractivity contribution >= 4 is 40.7 Å². The van der Waals surface area contributed by atoms with E-state index in [1.54, 1.807) is 35.7 Å². The number of carbonyl (C=O) groups excluding carboxylic acids is 2. The number of carboxylic acid groups (broad SMARTS) is 1. The lowest BCUT2D eigenvalue weighted by atomic mass is 9.87. The van der Waals surface area contributed by atoms with E-state index < -0.39 is 5.97 Å². The van der Waals surface area contributed by atoms with Gasteiger partial charge in [-0.25, -0.2) is 0 Å². The molecule has 0 bridgehead atoms. The summed E-state index contributed by atoms with van der Waals surface area (Å²) in [6, 6.07) is 8.49. The van der Waals surface area contributed by atoms with E-state index in [9.17, 15) is 14.4 Å². The van der Waals surface area contributed by atoms with Gasteiger partial charge in [0, 0.05) is 18.7 Å². The Labute approximate surface area is 183 Å². The largest absolute Gasteiger partial charge is 0.490 e. The monoisotopic (exact) mass is 450 g/mol.